The van der Waals surface area contributed by atoms with E-state index in [1.165, 1.54) is 0 Å². The van der Waals surface area contributed by atoms with Crippen LogP contribution < -0.4 is 4.90 Å². The zero-order chi connectivity index (χ0) is 16.4. The number of amides is 1. The van der Waals surface area contributed by atoms with Gasteiger partial charge in [-0.1, -0.05) is 51.1 Å². The van der Waals surface area contributed by atoms with E-state index < -0.39 is 0 Å². The van der Waals surface area contributed by atoms with E-state index in [9.17, 15) is 4.79 Å². The van der Waals surface area contributed by atoms with Crippen LogP contribution >= 0.6 is 11.6 Å². The van der Waals surface area contributed by atoms with Crippen molar-refractivity contribution in [2.24, 2.45) is 0 Å². The minimum Gasteiger partial charge on any atom is -0.357 e. The van der Waals surface area contributed by atoms with Gasteiger partial charge in [0.1, 0.15) is 12.6 Å². The van der Waals surface area contributed by atoms with Gasteiger partial charge in [0.25, 0.3) is 0 Å². The van der Waals surface area contributed by atoms with E-state index in [0.717, 1.165) is 36.1 Å². The van der Waals surface area contributed by atoms with E-state index in [0.29, 0.717) is 6.61 Å². The van der Waals surface area contributed by atoms with Crippen molar-refractivity contribution in [1.29, 1.82) is 0 Å². The summed E-state index contributed by atoms with van der Waals surface area (Å²) in [4.78, 5) is 13.9. The van der Waals surface area contributed by atoms with E-state index in [1.54, 1.807) is 4.90 Å². The molecule has 0 atom stereocenters. The number of rotatable bonds is 9. The summed E-state index contributed by atoms with van der Waals surface area (Å²) in [7, 11) is 0. The van der Waals surface area contributed by atoms with Crippen LogP contribution in [0.15, 0.2) is 30.4 Å². The van der Waals surface area contributed by atoms with Crippen LogP contribution in [0.1, 0.15) is 38.3 Å². The van der Waals surface area contributed by atoms with Crippen molar-refractivity contribution in [2.45, 2.75) is 40.0 Å². The Bertz CT molecular complexity index is 478. The maximum atomic E-state index is 12.3. The van der Waals surface area contributed by atoms with Crippen molar-refractivity contribution in [1.82, 2.24) is 0 Å². The van der Waals surface area contributed by atoms with Crippen LogP contribution in [0.5, 0.6) is 0 Å². The smallest absolute Gasteiger partial charge is 0.243 e. The topological polar surface area (TPSA) is 29.5 Å². The van der Waals surface area contributed by atoms with Gasteiger partial charge in [0.15, 0.2) is 0 Å². The molecule has 1 aromatic rings. The van der Waals surface area contributed by atoms with Gasteiger partial charge in [-0.2, -0.15) is 0 Å². The van der Waals surface area contributed by atoms with Crippen molar-refractivity contribution in [3.63, 3.8) is 0 Å². The van der Waals surface area contributed by atoms with E-state index in [1.807, 2.05) is 18.2 Å². The Morgan fingerprint density at radius 1 is 1.18 bits per heavy atom. The number of ether oxygens (including phenoxy) is 1. The van der Waals surface area contributed by atoms with Crippen molar-refractivity contribution in [2.75, 3.05) is 24.1 Å². The van der Waals surface area contributed by atoms with E-state index in [2.05, 4.69) is 32.9 Å². The molecule has 22 heavy (non-hydrogen) atoms. The molecule has 0 bridgehead atoms. The quantitative estimate of drug-likeness (QED) is 0.293. The lowest BCUT2D eigenvalue weighted by Gasteiger charge is -2.26. The number of para-hydroxylation sites is 1. The Kier molecular flexibility index (Phi) is 8.86. The lowest BCUT2D eigenvalue weighted by atomic mass is 10.0. The zero-order valence-corrected chi connectivity index (χ0v) is 14.5. The standard InChI is InChI=1S/C18H26ClNO2/c1-4-7-8-12-22-14-20(17(21)13-19)18-15(5-2)10-9-11-16(18)6-3/h7-11H,4-6,12-14H2,1-3H3/b8-7-. The summed E-state index contributed by atoms with van der Waals surface area (Å²) in [5, 5.41) is 0. The molecule has 4 heteroatoms. The molecule has 0 radical (unpaired) electrons. The highest BCUT2D eigenvalue weighted by Gasteiger charge is 2.20. The number of carbonyl (C=O) groups excluding carboxylic acids is 1. The van der Waals surface area contributed by atoms with Crippen LogP contribution in [-0.2, 0) is 22.4 Å². The Balaban J connectivity index is 3.01. The minimum absolute atomic E-state index is 0.0463. The Morgan fingerprint density at radius 2 is 1.82 bits per heavy atom. The van der Waals surface area contributed by atoms with Crippen LogP contribution in [0.4, 0.5) is 5.69 Å². The maximum absolute atomic E-state index is 12.3. The van der Waals surface area contributed by atoms with Crippen LogP contribution in [-0.4, -0.2) is 25.1 Å². The van der Waals surface area contributed by atoms with Gasteiger partial charge in [0, 0.05) is 0 Å². The fourth-order valence-corrected chi connectivity index (χ4v) is 2.49. The summed E-state index contributed by atoms with van der Waals surface area (Å²) >= 11 is 5.79. The molecule has 0 saturated carbocycles. The predicted molar refractivity (Wildman–Crippen MR) is 93.7 cm³/mol. The number of allylic oxidation sites excluding steroid dienone is 1. The Labute approximate surface area is 138 Å². The third-order valence-corrected chi connectivity index (χ3v) is 3.72. The molecule has 0 heterocycles. The van der Waals surface area contributed by atoms with Crippen molar-refractivity contribution in [3.05, 3.63) is 41.5 Å². The molecular weight excluding hydrogens is 298 g/mol. The van der Waals surface area contributed by atoms with Crippen molar-refractivity contribution >= 4 is 23.2 Å². The third-order valence-electron chi connectivity index (χ3n) is 3.49. The van der Waals surface area contributed by atoms with Crippen LogP contribution in [0.2, 0.25) is 0 Å². The van der Waals surface area contributed by atoms with E-state index in [-0.39, 0.29) is 18.5 Å². The number of halogens is 1. The van der Waals surface area contributed by atoms with Crippen molar-refractivity contribution in [3.8, 4) is 0 Å². The summed E-state index contributed by atoms with van der Waals surface area (Å²) in [6.07, 6.45) is 6.73. The van der Waals surface area contributed by atoms with Gasteiger partial charge in [-0.05, 0) is 30.4 Å². The maximum Gasteiger partial charge on any atom is 0.243 e. The molecule has 0 aliphatic heterocycles. The number of carbonyl (C=O) groups is 1. The molecule has 0 aliphatic carbocycles. The lowest BCUT2D eigenvalue weighted by molar-refractivity contribution is -0.117. The van der Waals surface area contributed by atoms with Gasteiger partial charge in [-0.25, -0.2) is 0 Å². The fourth-order valence-electron chi connectivity index (χ4n) is 2.34. The number of benzene rings is 1. The first-order valence-electron chi connectivity index (χ1n) is 7.89. The highest BCUT2D eigenvalue weighted by Crippen LogP contribution is 2.27. The number of nitrogens with zero attached hydrogens (tertiary/aromatic N) is 1. The Hall–Kier alpha value is -1.32. The molecule has 0 saturated heterocycles. The summed E-state index contributed by atoms with van der Waals surface area (Å²) < 4.78 is 5.63. The van der Waals surface area contributed by atoms with Gasteiger partial charge < -0.3 is 4.74 Å². The summed E-state index contributed by atoms with van der Waals surface area (Å²) in [6.45, 7) is 6.98. The van der Waals surface area contributed by atoms with Crippen LogP contribution in [0.25, 0.3) is 0 Å². The van der Waals surface area contributed by atoms with Gasteiger partial charge in [-0.3, -0.25) is 9.69 Å². The lowest BCUT2D eigenvalue weighted by Crippen LogP contribution is -2.35. The first-order chi connectivity index (χ1) is 10.7. The molecule has 0 aliphatic rings. The SMILES string of the molecule is CC/C=C\COCN(C(=O)CCl)c1c(CC)cccc1CC. The van der Waals surface area contributed by atoms with Gasteiger partial charge in [0.05, 0.1) is 12.3 Å². The van der Waals surface area contributed by atoms with E-state index in [4.69, 9.17) is 16.3 Å². The number of alkyl halides is 1. The van der Waals surface area contributed by atoms with E-state index >= 15 is 0 Å². The molecule has 0 N–H and O–H groups in total. The summed E-state index contributed by atoms with van der Waals surface area (Å²) in [6, 6.07) is 6.15. The second-order valence-corrected chi connectivity index (χ2v) is 5.23. The number of aryl methyl sites for hydroxylation is 2. The number of hydrogen-bond acceptors (Lipinski definition) is 2. The Morgan fingerprint density at radius 3 is 2.32 bits per heavy atom. The molecule has 0 spiro atoms. The molecule has 122 valence electrons. The predicted octanol–water partition coefficient (Wildman–Crippen LogP) is 4.32. The second kappa shape index (κ2) is 10.4. The first kappa shape index (κ1) is 18.7. The first-order valence-corrected chi connectivity index (χ1v) is 8.42. The minimum atomic E-state index is -0.128. The number of hydrogen-bond donors (Lipinski definition) is 0. The van der Waals surface area contributed by atoms with Gasteiger partial charge in [0.2, 0.25) is 5.91 Å². The normalized spacial score (nSPS) is 11.1. The van der Waals surface area contributed by atoms with Gasteiger partial charge in [-0.15, -0.1) is 11.6 Å². The highest BCUT2D eigenvalue weighted by molar-refractivity contribution is 6.29. The third kappa shape index (κ3) is 5.15. The average molecular weight is 324 g/mol. The molecule has 3 nitrogen and oxygen atoms in total. The monoisotopic (exact) mass is 323 g/mol. The fraction of sp³-hybridized carbons (Fsp3) is 0.500. The molecule has 1 rings (SSSR count). The average Bonchev–Trinajstić information content (AvgIpc) is 2.57. The largest absolute Gasteiger partial charge is 0.357 e. The zero-order valence-electron chi connectivity index (χ0n) is 13.8. The molecule has 0 fully saturated rings. The summed E-state index contributed by atoms with van der Waals surface area (Å²) in [5.74, 6) is -0.174. The molecule has 0 unspecified atom stereocenters. The number of anilines is 1. The van der Waals surface area contributed by atoms with Crippen LogP contribution in [0, 0.1) is 0 Å². The molecule has 1 aromatic carbocycles. The summed E-state index contributed by atoms with van der Waals surface area (Å²) in [5.41, 5.74) is 3.24. The van der Waals surface area contributed by atoms with Crippen molar-refractivity contribution < 1.29 is 9.53 Å². The van der Waals surface area contributed by atoms with Crippen LogP contribution in [0.3, 0.4) is 0 Å². The molecule has 0 aromatic heterocycles. The second-order valence-electron chi connectivity index (χ2n) is 4.97. The molecular formula is C18H26ClNO2. The molecule has 1 amide bonds. The highest BCUT2D eigenvalue weighted by atomic mass is 35.5. The van der Waals surface area contributed by atoms with Gasteiger partial charge >= 0.3 is 0 Å².